The highest BCUT2D eigenvalue weighted by Gasteiger charge is 2.37. The SMILES string of the molecule is N#CC1=C(N)N(c2ccccc2)c2sc3ccc(Cl)cc3c(=O)c2C1c1cccc([N+](=O)[O-])c1. The van der Waals surface area contributed by atoms with Crippen LogP contribution in [0.15, 0.2) is 89.0 Å². The number of nitrogens with two attached hydrogens (primary N) is 1. The summed E-state index contributed by atoms with van der Waals surface area (Å²) in [6.45, 7) is 0. The molecule has 0 aliphatic carbocycles. The molecule has 0 fully saturated rings. The van der Waals surface area contributed by atoms with E-state index in [4.69, 9.17) is 17.3 Å². The van der Waals surface area contributed by atoms with Crippen molar-refractivity contribution in [2.24, 2.45) is 5.73 Å². The molecule has 1 aliphatic rings. The Morgan fingerprint density at radius 3 is 2.56 bits per heavy atom. The first kappa shape index (κ1) is 21.6. The summed E-state index contributed by atoms with van der Waals surface area (Å²) < 4.78 is 0.708. The third kappa shape index (κ3) is 3.39. The van der Waals surface area contributed by atoms with Crippen LogP contribution in [0.25, 0.3) is 10.1 Å². The van der Waals surface area contributed by atoms with Crippen LogP contribution in [0.3, 0.4) is 0 Å². The number of hydrogen-bond acceptors (Lipinski definition) is 7. The van der Waals surface area contributed by atoms with E-state index in [2.05, 4.69) is 6.07 Å². The van der Waals surface area contributed by atoms with E-state index in [9.17, 15) is 20.2 Å². The highest BCUT2D eigenvalue weighted by atomic mass is 35.5. The molecule has 1 unspecified atom stereocenters. The molecule has 34 heavy (non-hydrogen) atoms. The number of benzene rings is 3. The lowest BCUT2D eigenvalue weighted by Crippen LogP contribution is -2.34. The summed E-state index contributed by atoms with van der Waals surface area (Å²) >= 11 is 7.54. The third-order valence-corrected chi connectivity index (χ3v) is 7.12. The van der Waals surface area contributed by atoms with Crippen molar-refractivity contribution in [3.05, 3.63) is 121 Å². The van der Waals surface area contributed by atoms with Gasteiger partial charge in [-0.05, 0) is 35.9 Å². The number of anilines is 2. The minimum absolute atomic E-state index is 0.139. The first-order valence-electron chi connectivity index (χ1n) is 10.2. The number of nitro benzene ring substituents is 1. The Bertz CT molecular complexity index is 1610. The highest BCUT2D eigenvalue weighted by molar-refractivity contribution is 7.22. The molecule has 3 aromatic carbocycles. The van der Waals surface area contributed by atoms with Gasteiger partial charge in [-0.3, -0.25) is 19.8 Å². The van der Waals surface area contributed by atoms with Gasteiger partial charge in [0.1, 0.15) is 10.8 Å². The minimum atomic E-state index is -0.869. The van der Waals surface area contributed by atoms with Crippen molar-refractivity contribution in [1.29, 1.82) is 5.26 Å². The van der Waals surface area contributed by atoms with E-state index in [1.807, 2.05) is 30.3 Å². The van der Waals surface area contributed by atoms with Crippen LogP contribution < -0.4 is 16.1 Å². The number of halogens is 1. The lowest BCUT2D eigenvalue weighted by atomic mass is 9.83. The maximum atomic E-state index is 13.9. The monoisotopic (exact) mass is 486 g/mol. The summed E-state index contributed by atoms with van der Waals surface area (Å²) in [5.74, 6) is -0.700. The molecule has 0 spiro atoms. The number of nitriles is 1. The molecule has 2 heterocycles. The van der Waals surface area contributed by atoms with Crippen molar-refractivity contribution >= 4 is 49.4 Å². The zero-order chi connectivity index (χ0) is 24.0. The van der Waals surface area contributed by atoms with E-state index in [-0.39, 0.29) is 22.5 Å². The van der Waals surface area contributed by atoms with E-state index < -0.39 is 10.8 Å². The van der Waals surface area contributed by atoms with E-state index >= 15 is 0 Å². The van der Waals surface area contributed by atoms with Crippen molar-refractivity contribution in [1.82, 2.24) is 0 Å². The molecule has 0 saturated heterocycles. The number of allylic oxidation sites excluding steroid dienone is 1. The Kier molecular flexibility index (Phi) is 5.28. The average molecular weight is 487 g/mol. The first-order chi connectivity index (χ1) is 16.4. The third-order valence-electron chi connectivity index (χ3n) is 5.71. The molecule has 0 amide bonds. The van der Waals surface area contributed by atoms with Gasteiger partial charge in [0.15, 0.2) is 5.43 Å². The Morgan fingerprint density at radius 2 is 1.85 bits per heavy atom. The fraction of sp³-hybridized carbons (Fsp3) is 0.0400. The van der Waals surface area contributed by atoms with Crippen molar-refractivity contribution in [3.8, 4) is 6.07 Å². The van der Waals surface area contributed by atoms with E-state index in [0.29, 0.717) is 36.9 Å². The normalized spacial score (nSPS) is 15.2. The van der Waals surface area contributed by atoms with Crippen LogP contribution in [0.1, 0.15) is 17.0 Å². The van der Waals surface area contributed by atoms with Gasteiger partial charge in [-0.1, -0.05) is 41.9 Å². The number of nitrogens with zero attached hydrogens (tertiary/aromatic N) is 3. The second kappa shape index (κ2) is 8.30. The molecular formula is C25H15ClN4O3S. The van der Waals surface area contributed by atoms with Crippen LogP contribution in [0.4, 0.5) is 16.4 Å². The molecule has 5 rings (SSSR count). The van der Waals surface area contributed by atoms with Crippen LogP contribution in [-0.2, 0) is 0 Å². The molecule has 1 aliphatic heterocycles. The lowest BCUT2D eigenvalue weighted by molar-refractivity contribution is -0.384. The predicted octanol–water partition coefficient (Wildman–Crippen LogP) is 5.80. The summed E-state index contributed by atoms with van der Waals surface area (Å²) in [4.78, 5) is 26.5. The summed E-state index contributed by atoms with van der Waals surface area (Å²) in [7, 11) is 0. The number of para-hydroxylation sites is 1. The van der Waals surface area contributed by atoms with Gasteiger partial charge in [0, 0.05) is 38.5 Å². The van der Waals surface area contributed by atoms with Gasteiger partial charge in [-0.25, -0.2) is 0 Å². The predicted molar refractivity (Wildman–Crippen MR) is 133 cm³/mol. The Hall–Kier alpha value is -4.19. The number of rotatable bonds is 3. The summed E-state index contributed by atoms with van der Waals surface area (Å²) in [6.07, 6.45) is 0. The molecule has 0 saturated carbocycles. The number of fused-ring (bicyclic) bond motifs is 2. The highest BCUT2D eigenvalue weighted by Crippen LogP contribution is 2.48. The zero-order valence-electron chi connectivity index (χ0n) is 17.4. The standard InChI is InChI=1S/C25H15ClN4O3S/c26-15-9-10-20-18(12-15)23(31)22-21(14-5-4-8-17(11-14)30(32)33)19(13-27)24(28)29(25(22)34-20)16-6-2-1-3-7-16/h1-12,21H,28H2. The first-order valence-corrected chi connectivity index (χ1v) is 11.4. The smallest absolute Gasteiger partial charge is 0.269 e. The van der Waals surface area contributed by atoms with E-state index in [1.165, 1.54) is 29.5 Å². The molecule has 4 aromatic rings. The fourth-order valence-electron chi connectivity index (χ4n) is 4.22. The number of nitro groups is 1. The second-order valence-corrected chi connectivity index (χ2v) is 9.12. The van der Waals surface area contributed by atoms with Gasteiger partial charge in [-0.15, -0.1) is 11.3 Å². The molecule has 1 aromatic heterocycles. The fourth-order valence-corrected chi connectivity index (χ4v) is 5.61. The topological polar surface area (TPSA) is 113 Å². The molecule has 1 atom stereocenters. The lowest BCUT2D eigenvalue weighted by Gasteiger charge is -2.35. The van der Waals surface area contributed by atoms with Crippen molar-refractivity contribution < 1.29 is 4.92 Å². The van der Waals surface area contributed by atoms with Gasteiger partial charge in [0.2, 0.25) is 0 Å². The van der Waals surface area contributed by atoms with Crippen molar-refractivity contribution in [3.63, 3.8) is 0 Å². The molecule has 0 bridgehead atoms. The largest absolute Gasteiger partial charge is 0.384 e. The molecule has 0 radical (unpaired) electrons. The van der Waals surface area contributed by atoms with Crippen LogP contribution in [0.5, 0.6) is 0 Å². The summed E-state index contributed by atoms with van der Waals surface area (Å²) in [5, 5.41) is 23.0. The minimum Gasteiger partial charge on any atom is -0.384 e. The van der Waals surface area contributed by atoms with Crippen molar-refractivity contribution in [2.45, 2.75) is 5.92 Å². The maximum Gasteiger partial charge on any atom is 0.269 e. The van der Waals surface area contributed by atoms with Gasteiger partial charge < -0.3 is 5.73 Å². The summed E-state index contributed by atoms with van der Waals surface area (Å²) in [5.41, 5.74) is 7.72. The maximum absolute atomic E-state index is 13.9. The van der Waals surface area contributed by atoms with Gasteiger partial charge >= 0.3 is 0 Å². The van der Waals surface area contributed by atoms with E-state index in [0.717, 1.165) is 0 Å². The van der Waals surface area contributed by atoms with Crippen LogP contribution >= 0.6 is 22.9 Å². The van der Waals surface area contributed by atoms with Gasteiger partial charge in [0.05, 0.1) is 22.5 Å². The molecule has 166 valence electrons. The average Bonchev–Trinajstić information content (AvgIpc) is 2.84. The summed E-state index contributed by atoms with van der Waals surface area (Å²) in [6, 6.07) is 22.4. The van der Waals surface area contributed by atoms with E-state index in [1.54, 1.807) is 29.2 Å². The van der Waals surface area contributed by atoms with Crippen LogP contribution in [0.2, 0.25) is 5.02 Å². The van der Waals surface area contributed by atoms with Crippen LogP contribution in [0, 0.1) is 21.4 Å². The number of non-ortho nitro benzene ring substituents is 1. The second-order valence-electron chi connectivity index (χ2n) is 7.66. The molecule has 2 N–H and O–H groups in total. The number of hydrogen-bond donors (Lipinski definition) is 1. The van der Waals surface area contributed by atoms with Crippen LogP contribution in [-0.4, -0.2) is 4.92 Å². The van der Waals surface area contributed by atoms with Crippen molar-refractivity contribution in [2.75, 3.05) is 4.90 Å². The Labute approximate surface area is 202 Å². The molecule has 7 nitrogen and oxygen atoms in total. The quantitative estimate of drug-likeness (QED) is 0.289. The zero-order valence-corrected chi connectivity index (χ0v) is 19.0. The Balaban J connectivity index is 1.91. The molecule has 9 heteroatoms. The molecular weight excluding hydrogens is 472 g/mol. The van der Waals surface area contributed by atoms with Gasteiger partial charge in [-0.2, -0.15) is 5.26 Å². The Morgan fingerprint density at radius 1 is 1.09 bits per heavy atom. The van der Waals surface area contributed by atoms with Gasteiger partial charge in [0.25, 0.3) is 5.69 Å².